The van der Waals surface area contributed by atoms with Crippen molar-refractivity contribution in [1.82, 2.24) is 0 Å². The van der Waals surface area contributed by atoms with Crippen molar-refractivity contribution in [1.29, 1.82) is 0 Å². The van der Waals surface area contributed by atoms with E-state index in [0.717, 1.165) is 38.5 Å². The second-order valence-corrected chi connectivity index (χ2v) is 6.84. The molecule has 2 aliphatic rings. The Hall–Kier alpha value is -0.570. The lowest BCUT2D eigenvalue weighted by Gasteiger charge is -2.28. The van der Waals surface area contributed by atoms with Crippen LogP contribution in [0.25, 0.3) is 0 Å². The molecule has 0 radical (unpaired) electrons. The minimum atomic E-state index is -0.605. The Labute approximate surface area is 110 Å². The van der Waals surface area contributed by atoms with Gasteiger partial charge in [0.15, 0.2) is 0 Å². The molecule has 2 rings (SSSR count). The van der Waals surface area contributed by atoms with Gasteiger partial charge in [0.2, 0.25) is 0 Å². The van der Waals surface area contributed by atoms with Crippen molar-refractivity contribution < 1.29 is 14.6 Å². The summed E-state index contributed by atoms with van der Waals surface area (Å²) < 4.78 is 5.99. The van der Waals surface area contributed by atoms with Crippen molar-refractivity contribution >= 4 is 5.97 Å². The third-order valence-electron chi connectivity index (χ3n) is 4.91. The first-order valence-electron chi connectivity index (χ1n) is 7.28. The van der Waals surface area contributed by atoms with Gasteiger partial charge in [-0.3, -0.25) is 4.79 Å². The van der Waals surface area contributed by atoms with Crippen LogP contribution < -0.4 is 0 Å². The summed E-state index contributed by atoms with van der Waals surface area (Å²) in [6.07, 6.45) is 6.77. The molecule has 0 amide bonds. The van der Waals surface area contributed by atoms with Crippen molar-refractivity contribution in [3.63, 3.8) is 0 Å². The van der Waals surface area contributed by atoms with Gasteiger partial charge in [-0.25, -0.2) is 0 Å². The maximum Gasteiger partial charge on any atom is 0.309 e. The monoisotopic (exact) mass is 254 g/mol. The van der Waals surface area contributed by atoms with Crippen LogP contribution in [0.1, 0.15) is 65.7 Å². The fraction of sp³-hybridized carbons (Fsp3) is 0.933. The van der Waals surface area contributed by atoms with Crippen LogP contribution in [0.5, 0.6) is 0 Å². The number of hydrogen-bond donors (Lipinski definition) is 1. The van der Waals surface area contributed by atoms with Crippen molar-refractivity contribution in [3.8, 4) is 0 Å². The molecule has 3 nitrogen and oxygen atoms in total. The molecule has 104 valence electrons. The zero-order valence-corrected chi connectivity index (χ0v) is 11.9. The molecule has 1 N–H and O–H groups in total. The third-order valence-corrected chi connectivity index (χ3v) is 4.91. The highest BCUT2D eigenvalue weighted by molar-refractivity contribution is 5.75. The summed E-state index contributed by atoms with van der Waals surface area (Å²) in [5.74, 6) is -0.0118. The largest absolute Gasteiger partial charge is 0.481 e. The van der Waals surface area contributed by atoms with Crippen molar-refractivity contribution in [2.24, 2.45) is 11.3 Å². The van der Waals surface area contributed by atoms with Crippen LogP contribution in [-0.4, -0.2) is 22.8 Å². The Morgan fingerprint density at radius 1 is 1.33 bits per heavy atom. The molecule has 1 saturated heterocycles. The van der Waals surface area contributed by atoms with Crippen LogP contribution in [0.2, 0.25) is 0 Å². The van der Waals surface area contributed by atoms with Gasteiger partial charge in [0.25, 0.3) is 0 Å². The van der Waals surface area contributed by atoms with E-state index in [1.807, 2.05) is 0 Å². The van der Waals surface area contributed by atoms with Crippen LogP contribution in [0.15, 0.2) is 0 Å². The fourth-order valence-electron chi connectivity index (χ4n) is 3.71. The van der Waals surface area contributed by atoms with E-state index in [0.29, 0.717) is 12.3 Å². The number of carboxylic acid groups (broad SMARTS) is 1. The first kappa shape index (κ1) is 13.9. The molecule has 0 bridgehead atoms. The first-order valence-corrected chi connectivity index (χ1v) is 7.28. The molecule has 3 atom stereocenters. The summed E-state index contributed by atoms with van der Waals surface area (Å²) in [4.78, 5) is 11.7. The maximum absolute atomic E-state index is 11.7. The molecule has 18 heavy (non-hydrogen) atoms. The lowest BCUT2D eigenvalue weighted by atomic mass is 9.79. The predicted molar refractivity (Wildman–Crippen MR) is 70.5 cm³/mol. The second kappa shape index (κ2) is 4.84. The Balaban J connectivity index is 2.02. The van der Waals surface area contributed by atoms with E-state index in [1.54, 1.807) is 0 Å². The van der Waals surface area contributed by atoms with Gasteiger partial charge in [0, 0.05) is 0 Å². The van der Waals surface area contributed by atoms with Gasteiger partial charge < -0.3 is 9.84 Å². The van der Waals surface area contributed by atoms with Crippen molar-refractivity contribution in [2.75, 3.05) is 0 Å². The molecule has 0 aromatic rings. The molecule has 2 fully saturated rings. The van der Waals surface area contributed by atoms with E-state index >= 15 is 0 Å². The van der Waals surface area contributed by atoms with Gasteiger partial charge in [0.05, 0.1) is 17.1 Å². The standard InChI is InChI=1S/C15H26O3/c1-4-11-5-8-15(9-11,13(16)17)10-12-6-7-14(2,3)18-12/h11-12H,4-10H2,1-3H3,(H,16,17). The molecule has 1 aliphatic heterocycles. The molecule has 1 aliphatic carbocycles. The summed E-state index contributed by atoms with van der Waals surface area (Å²) in [5.41, 5.74) is -0.571. The lowest BCUT2D eigenvalue weighted by molar-refractivity contribution is -0.152. The molecule has 3 heteroatoms. The van der Waals surface area contributed by atoms with Crippen LogP contribution >= 0.6 is 0 Å². The Morgan fingerprint density at radius 2 is 2.06 bits per heavy atom. The van der Waals surface area contributed by atoms with E-state index in [4.69, 9.17) is 4.74 Å². The van der Waals surface area contributed by atoms with Crippen LogP contribution in [0.3, 0.4) is 0 Å². The Morgan fingerprint density at radius 3 is 2.50 bits per heavy atom. The summed E-state index contributed by atoms with van der Waals surface area (Å²) in [7, 11) is 0. The molecule has 1 saturated carbocycles. The maximum atomic E-state index is 11.7. The van der Waals surface area contributed by atoms with Gasteiger partial charge in [-0.2, -0.15) is 0 Å². The topological polar surface area (TPSA) is 46.5 Å². The molecule has 0 aromatic heterocycles. The number of carboxylic acids is 1. The molecule has 3 unspecified atom stereocenters. The lowest BCUT2D eigenvalue weighted by Crippen LogP contribution is -2.33. The number of ether oxygens (including phenoxy) is 1. The Bertz CT molecular complexity index is 324. The van der Waals surface area contributed by atoms with Crippen molar-refractivity contribution in [3.05, 3.63) is 0 Å². The van der Waals surface area contributed by atoms with Crippen LogP contribution in [0, 0.1) is 11.3 Å². The first-order chi connectivity index (χ1) is 8.37. The quantitative estimate of drug-likeness (QED) is 0.833. The summed E-state index contributed by atoms with van der Waals surface area (Å²) in [5, 5.41) is 9.61. The smallest absolute Gasteiger partial charge is 0.309 e. The average molecular weight is 254 g/mol. The number of rotatable bonds is 4. The van der Waals surface area contributed by atoms with Crippen molar-refractivity contribution in [2.45, 2.75) is 77.4 Å². The summed E-state index contributed by atoms with van der Waals surface area (Å²) in [6, 6.07) is 0. The summed E-state index contributed by atoms with van der Waals surface area (Å²) in [6.45, 7) is 6.37. The molecule has 0 aromatic carbocycles. The van der Waals surface area contributed by atoms with Gasteiger partial charge in [-0.15, -0.1) is 0 Å². The zero-order valence-electron chi connectivity index (χ0n) is 11.9. The normalized spacial score (nSPS) is 39.1. The number of carbonyl (C=O) groups is 1. The highest BCUT2D eigenvalue weighted by Gasteiger charge is 2.48. The van der Waals surface area contributed by atoms with E-state index in [1.165, 1.54) is 0 Å². The number of aliphatic carboxylic acids is 1. The van der Waals surface area contributed by atoms with Gasteiger partial charge in [-0.05, 0) is 58.3 Å². The molecule has 1 heterocycles. The SMILES string of the molecule is CCC1CCC(CC2CCC(C)(C)O2)(C(=O)O)C1. The highest BCUT2D eigenvalue weighted by Crippen LogP contribution is 2.48. The van der Waals surface area contributed by atoms with Crippen LogP contribution in [-0.2, 0) is 9.53 Å². The predicted octanol–water partition coefficient (Wildman–Crippen LogP) is 3.62. The van der Waals surface area contributed by atoms with E-state index in [-0.39, 0.29) is 11.7 Å². The van der Waals surface area contributed by atoms with Gasteiger partial charge in [-0.1, -0.05) is 13.3 Å². The van der Waals surface area contributed by atoms with E-state index in [2.05, 4.69) is 20.8 Å². The van der Waals surface area contributed by atoms with E-state index in [9.17, 15) is 9.90 Å². The van der Waals surface area contributed by atoms with Gasteiger partial charge in [0.1, 0.15) is 0 Å². The highest BCUT2D eigenvalue weighted by atomic mass is 16.5. The van der Waals surface area contributed by atoms with E-state index < -0.39 is 11.4 Å². The minimum absolute atomic E-state index is 0.0624. The third kappa shape index (κ3) is 2.71. The van der Waals surface area contributed by atoms with Crippen LogP contribution in [0.4, 0.5) is 0 Å². The fourth-order valence-corrected chi connectivity index (χ4v) is 3.71. The Kier molecular flexibility index (Phi) is 3.72. The molecular weight excluding hydrogens is 228 g/mol. The molecular formula is C15H26O3. The summed E-state index contributed by atoms with van der Waals surface area (Å²) >= 11 is 0. The second-order valence-electron chi connectivity index (χ2n) is 6.84. The average Bonchev–Trinajstić information content (AvgIpc) is 2.84. The zero-order chi connectivity index (χ0) is 13.4. The molecule has 0 spiro atoms. The number of hydrogen-bond acceptors (Lipinski definition) is 2. The van der Waals surface area contributed by atoms with Gasteiger partial charge >= 0.3 is 5.97 Å². The minimum Gasteiger partial charge on any atom is -0.481 e.